The van der Waals surface area contributed by atoms with Gasteiger partial charge in [0, 0.05) is 52.9 Å². The largest absolute Gasteiger partial charge is 0.336 e. The molecular formula is C19H17ClFN3O. The number of carbonyl (C=O) groups is 1. The van der Waals surface area contributed by atoms with Crippen molar-refractivity contribution < 1.29 is 9.18 Å². The van der Waals surface area contributed by atoms with E-state index in [0.717, 1.165) is 30.4 Å². The zero-order chi connectivity index (χ0) is 17.6. The van der Waals surface area contributed by atoms with Crippen LogP contribution in [0.15, 0.2) is 36.5 Å². The van der Waals surface area contributed by atoms with Crippen LogP contribution in [0, 0.1) is 5.95 Å². The number of carbonyl (C=O) groups excluding carboxylic acids is 1. The van der Waals surface area contributed by atoms with Crippen LogP contribution in [0.1, 0.15) is 21.6 Å². The van der Waals surface area contributed by atoms with Crippen LogP contribution in [0.2, 0.25) is 5.02 Å². The number of nitrogens with zero attached hydrogens (tertiary/aromatic N) is 3. The van der Waals surface area contributed by atoms with Crippen molar-refractivity contribution in [2.45, 2.75) is 19.5 Å². The van der Waals surface area contributed by atoms with E-state index in [2.05, 4.69) is 21.5 Å². The van der Waals surface area contributed by atoms with Crippen LogP contribution in [0.25, 0.3) is 10.9 Å². The maximum absolute atomic E-state index is 13.0. The van der Waals surface area contributed by atoms with Gasteiger partial charge in [-0.05, 0) is 42.9 Å². The van der Waals surface area contributed by atoms with E-state index in [9.17, 15) is 9.18 Å². The normalized spacial score (nSPS) is 14.7. The van der Waals surface area contributed by atoms with E-state index in [1.165, 1.54) is 29.6 Å². The standard InChI is InChI=1S/C19H17ClFN3O/c1-23-7-6-17-15(10-23)14-8-13(20)3-4-16(14)24(17)11-18(25)12-2-5-19(21)22-9-12/h2-5,8-9H,6-7,10-11H2,1H3. The molecule has 6 heteroatoms. The quantitative estimate of drug-likeness (QED) is 0.530. The van der Waals surface area contributed by atoms with E-state index in [1.807, 2.05) is 18.2 Å². The minimum atomic E-state index is -0.585. The molecule has 0 N–H and O–H groups in total. The topological polar surface area (TPSA) is 38.1 Å². The first-order valence-electron chi connectivity index (χ1n) is 8.16. The maximum atomic E-state index is 13.0. The molecule has 0 spiro atoms. The summed E-state index contributed by atoms with van der Waals surface area (Å²) in [5.41, 5.74) is 3.84. The number of likely N-dealkylation sites (N-methyl/N-ethyl adjacent to an activating group) is 1. The number of ketones is 1. The van der Waals surface area contributed by atoms with E-state index in [0.29, 0.717) is 10.6 Å². The molecule has 0 aliphatic carbocycles. The molecule has 0 bridgehead atoms. The summed E-state index contributed by atoms with van der Waals surface area (Å²) in [7, 11) is 2.09. The molecule has 0 fully saturated rings. The van der Waals surface area contributed by atoms with Gasteiger partial charge in [-0.25, -0.2) is 4.98 Å². The molecule has 25 heavy (non-hydrogen) atoms. The molecule has 1 aromatic carbocycles. The number of pyridine rings is 1. The number of aromatic nitrogens is 2. The van der Waals surface area contributed by atoms with Gasteiger partial charge in [0.1, 0.15) is 0 Å². The van der Waals surface area contributed by atoms with Crippen molar-refractivity contribution in [1.29, 1.82) is 0 Å². The van der Waals surface area contributed by atoms with Crippen LogP contribution in [-0.2, 0) is 19.5 Å². The summed E-state index contributed by atoms with van der Waals surface area (Å²) in [6.45, 7) is 2.00. The average molecular weight is 358 g/mol. The van der Waals surface area contributed by atoms with Crippen LogP contribution in [0.5, 0.6) is 0 Å². The highest BCUT2D eigenvalue weighted by Gasteiger charge is 2.23. The highest BCUT2D eigenvalue weighted by Crippen LogP contribution is 2.32. The van der Waals surface area contributed by atoms with Crippen LogP contribution in [-0.4, -0.2) is 33.8 Å². The average Bonchev–Trinajstić information content (AvgIpc) is 2.88. The predicted octanol–water partition coefficient (Wildman–Crippen LogP) is 3.70. The number of benzene rings is 1. The lowest BCUT2D eigenvalue weighted by molar-refractivity contribution is 0.0971. The minimum Gasteiger partial charge on any atom is -0.336 e. The Morgan fingerprint density at radius 1 is 1.32 bits per heavy atom. The van der Waals surface area contributed by atoms with Gasteiger partial charge in [0.2, 0.25) is 5.95 Å². The number of Topliss-reactive ketones (excluding diaryl/α,β-unsaturated/α-hetero) is 1. The van der Waals surface area contributed by atoms with Gasteiger partial charge >= 0.3 is 0 Å². The van der Waals surface area contributed by atoms with Crippen LogP contribution in [0.3, 0.4) is 0 Å². The Morgan fingerprint density at radius 2 is 2.16 bits per heavy atom. The third-order valence-electron chi connectivity index (χ3n) is 4.76. The molecule has 2 aromatic heterocycles. The van der Waals surface area contributed by atoms with Crippen LogP contribution < -0.4 is 0 Å². The summed E-state index contributed by atoms with van der Waals surface area (Å²) in [5.74, 6) is -0.667. The van der Waals surface area contributed by atoms with Gasteiger partial charge < -0.3 is 9.47 Å². The summed E-state index contributed by atoms with van der Waals surface area (Å²) >= 11 is 6.19. The summed E-state index contributed by atoms with van der Waals surface area (Å²) in [6, 6.07) is 8.47. The molecule has 0 atom stereocenters. The summed E-state index contributed by atoms with van der Waals surface area (Å²) in [4.78, 5) is 18.5. The summed E-state index contributed by atoms with van der Waals surface area (Å²) < 4.78 is 15.1. The first-order valence-corrected chi connectivity index (χ1v) is 8.53. The molecule has 3 heterocycles. The van der Waals surface area contributed by atoms with Crippen molar-refractivity contribution in [1.82, 2.24) is 14.5 Å². The van der Waals surface area contributed by atoms with Crippen molar-refractivity contribution in [3.05, 3.63) is 64.3 Å². The molecule has 3 aromatic rings. The third kappa shape index (κ3) is 2.94. The number of fused-ring (bicyclic) bond motifs is 3. The van der Waals surface area contributed by atoms with Gasteiger partial charge in [0.05, 0.1) is 6.54 Å². The fourth-order valence-corrected chi connectivity index (χ4v) is 3.69. The van der Waals surface area contributed by atoms with Crippen molar-refractivity contribution in [2.24, 2.45) is 0 Å². The summed E-state index contributed by atoms with van der Waals surface area (Å²) in [5, 5.41) is 1.79. The molecule has 4 rings (SSSR count). The lowest BCUT2D eigenvalue weighted by Gasteiger charge is -2.24. The lowest BCUT2D eigenvalue weighted by atomic mass is 10.1. The number of hydrogen-bond acceptors (Lipinski definition) is 3. The molecule has 0 saturated carbocycles. The number of hydrogen-bond donors (Lipinski definition) is 0. The number of rotatable bonds is 3. The first-order chi connectivity index (χ1) is 12.0. The highest BCUT2D eigenvalue weighted by atomic mass is 35.5. The molecule has 1 aliphatic heterocycles. The predicted molar refractivity (Wildman–Crippen MR) is 95.5 cm³/mol. The van der Waals surface area contributed by atoms with Gasteiger partial charge in [-0.1, -0.05) is 11.6 Å². The second kappa shape index (κ2) is 6.24. The maximum Gasteiger partial charge on any atom is 0.212 e. The SMILES string of the molecule is CN1CCc2c(c3cc(Cl)ccc3n2CC(=O)c2ccc(F)nc2)C1. The smallest absolute Gasteiger partial charge is 0.212 e. The Balaban J connectivity index is 1.79. The Bertz CT molecular complexity index is 965. The van der Waals surface area contributed by atoms with E-state index < -0.39 is 5.95 Å². The second-order valence-electron chi connectivity index (χ2n) is 6.45. The molecular weight excluding hydrogens is 341 g/mol. The van der Waals surface area contributed by atoms with Gasteiger partial charge in [0.15, 0.2) is 5.78 Å². The van der Waals surface area contributed by atoms with Gasteiger partial charge in [0.25, 0.3) is 0 Å². The van der Waals surface area contributed by atoms with Crippen molar-refractivity contribution in [3.63, 3.8) is 0 Å². The molecule has 0 radical (unpaired) electrons. The van der Waals surface area contributed by atoms with Gasteiger partial charge in [-0.15, -0.1) is 0 Å². The highest BCUT2D eigenvalue weighted by molar-refractivity contribution is 6.31. The fraction of sp³-hybridized carbons (Fsp3) is 0.263. The molecule has 1 aliphatic rings. The molecule has 0 amide bonds. The van der Waals surface area contributed by atoms with Gasteiger partial charge in [-0.3, -0.25) is 4.79 Å². The lowest BCUT2D eigenvalue weighted by Crippen LogP contribution is -2.28. The zero-order valence-corrected chi connectivity index (χ0v) is 14.6. The zero-order valence-electron chi connectivity index (χ0n) is 13.8. The van der Waals surface area contributed by atoms with E-state index in [1.54, 1.807) is 0 Å². The Morgan fingerprint density at radius 3 is 2.92 bits per heavy atom. The second-order valence-corrected chi connectivity index (χ2v) is 6.89. The van der Waals surface area contributed by atoms with Crippen molar-refractivity contribution >= 4 is 28.3 Å². The van der Waals surface area contributed by atoms with Crippen LogP contribution in [0.4, 0.5) is 4.39 Å². The van der Waals surface area contributed by atoms with Crippen molar-refractivity contribution in [3.8, 4) is 0 Å². The molecule has 0 saturated heterocycles. The monoisotopic (exact) mass is 357 g/mol. The van der Waals surface area contributed by atoms with Crippen LogP contribution >= 0.6 is 11.6 Å². The Labute approximate surface area is 149 Å². The summed E-state index contributed by atoms with van der Waals surface area (Å²) in [6.07, 6.45) is 2.17. The van der Waals surface area contributed by atoms with E-state index in [4.69, 9.17) is 11.6 Å². The van der Waals surface area contributed by atoms with E-state index in [-0.39, 0.29) is 12.3 Å². The number of halogens is 2. The molecule has 128 valence electrons. The molecule has 4 nitrogen and oxygen atoms in total. The minimum absolute atomic E-state index is 0.0823. The van der Waals surface area contributed by atoms with Gasteiger partial charge in [-0.2, -0.15) is 4.39 Å². The van der Waals surface area contributed by atoms with E-state index >= 15 is 0 Å². The Hall–Kier alpha value is -2.24. The first kappa shape index (κ1) is 16.2. The van der Waals surface area contributed by atoms with Crippen molar-refractivity contribution in [2.75, 3.05) is 13.6 Å². The third-order valence-corrected chi connectivity index (χ3v) is 4.99. The fourth-order valence-electron chi connectivity index (χ4n) is 3.51. The molecule has 0 unspecified atom stereocenters. The Kier molecular flexibility index (Phi) is 4.06.